The third-order valence-electron chi connectivity index (χ3n) is 3.61. The van der Waals surface area contributed by atoms with Gasteiger partial charge in [-0.15, -0.1) is 5.10 Å². The van der Waals surface area contributed by atoms with E-state index in [1.54, 1.807) is 10.7 Å². The van der Waals surface area contributed by atoms with Crippen molar-refractivity contribution in [2.45, 2.75) is 32.6 Å². The third kappa shape index (κ3) is 3.23. The average molecular weight is 308 g/mol. The highest BCUT2D eigenvalue weighted by molar-refractivity contribution is 5.93. The van der Waals surface area contributed by atoms with Crippen molar-refractivity contribution in [2.75, 3.05) is 5.32 Å². The summed E-state index contributed by atoms with van der Waals surface area (Å²) in [5.41, 5.74) is 2.52. The number of fused-ring (bicyclic) bond motifs is 1. The van der Waals surface area contributed by atoms with Gasteiger partial charge in [0.2, 0.25) is 5.91 Å². The minimum absolute atomic E-state index is 0.0786. The lowest BCUT2D eigenvalue weighted by molar-refractivity contribution is -0.115. The zero-order valence-electron chi connectivity index (χ0n) is 13.6. The fourth-order valence-electron chi connectivity index (χ4n) is 2.62. The first-order valence-electron chi connectivity index (χ1n) is 7.63. The van der Waals surface area contributed by atoms with E-state index in [1.807, 2.05) is 42.6 Å². The Labute approximate surface area is 135 Å². The summed E-state index contributed by atoms with van der Waals surface area (Å²) in [6, 6.07) is 11.5. The predicted octanol–water partition coefficient (Wildman–Crippen LogP) is 3.21. The number of nitrogens with one attached hydrogen (secondary N) is 1. The van der Waals surface area contributed by atoms with Gasteiger partial charge in [0.1, 0.15) is 0 Å². The smallest absolute Gasteiger partial charge is 0.230 e. The third-order valence-corrected chi connectivity index (χ3v) is 3.61. The number of hydrogen-bond acceptors (Lipinski definition) is 3. The van der Waals surface area contributed by atoms with E-state index in [4.69, 9.17) is 0 Å². The second-order valence-corrected chi connectivity index (χ2v) is 6.57. The molecule has 118 valence electrons. The molecule has 0 saturated carbocycles. The van der Waals surface area contributed by atoms with Crippen LogP contribution in [0.3, 0.4) is 0 Å². The van der Waals surface area contributed by atoms with E-state index >= 15 is 0 Å². The van der Waals surface area contributed by atoms with Crippen molar-refractivity contribution in [3.05, 3.63) is 59.9 Å². The number of nitrogens with zero attached hydrogens (tertiary/aromatic N) is 3. The Morgan fingerprint density at radius 1 is 1.17 bits per heavy atom. The average Bonchev–Trinajstić information content (AvgIpc) is 2.85. The first-order chi connectivity index (χ1) is 10.9. The Morgan fingerprint density at radius 3 is 2.61 bits per heavy atom. The van der Waals surface area contributed by atoms with Gasteiger partial charge in [-0.2, -0.15) is 0 Å². The second-order valence-electron chi connectivity index (χ2n) is 6.57. The zero-order valence-corrected chi connectivity index (χ0v) is 13.6. The van der Waals surface area contributed by atoms with Crippen molar-refractivity contribution in [1.82, 2.24) is 14.6 Å². The van der Waals surface area contributed by atoms with Gasteiger partial charge in [0.15, 0.2) is 11.5 Å². The lowest BCUT2D eigenvalue weighted by Crippen LogP contribution is -2.19. The van der Waals surface area contributed by atoms with E-state index < -0.39 is 0 Å². The number of anilines is 1. The number of rotatable bonds is 3. The minimum Gasteiger partial charge on any atom is -0.309 e. The van der Waals surface area contributed by atoms with Crippen LogP contribution in [0, 0.1) is 0 Å². The summed E-state index contributed by atoms with van der Waals surface area (Å²) in [7, 11) is 0. The largest absolute Gasteiger partial charge is 0.309 e. The molecule has 2 aromatic heterocycles. The highest BCUT2D eigenvalue weighted by Crippen LogP contribution is 2.32. The van der Waals surface area contributed by atoms with Crippen LogP contribution >= 0.6 is 0 Å². The normalized spacial score (nSPS) is 11.6. The zero-order chi connectivity index (χ0) is 16.4. The highest BCUT2D eigenvalue weighted by Gasteiger charge is 2.26. The molecule has 5 nitrogen and oxygen atoms in total. The van der Waals surface area contributed by atoms with Crippen LogP contribution in [0.2, 0.25) is 0 Å². The lowest BCUT2D eigenvalue weighted by atomic mass is 9.88. The van der Waals surface area contributed by atoms with Gasteiger partial charge in [0.05, 0.1) is 6.42 Å². The van der Waals surface area contributed by atoms with Crippen LogP contribution in [0.4, 0.5) is 5.82 Å². The van der Waals surface area contributed by atoms with E-state index in [-0.39, 0.29) is 11.3 Å². The number of benzene rings is 1. The molecule has 0 radical (unpaired) electrons. The fraction of sp³-hybridized carbons (Fsp3) is 0.278. The van der Waals surface area contributed by atoms with E-state index in [0.717, 1.165) is 16.8 Å². The fourth-order valence-corrected chi connectivity index (χ4v) is 2.62. The maximum absolute atomic E-state index is 12.4. The van der Waals surface area contributed by atoms with Crippen LogP contribution in [0.15, 0.2) is 48.8 Å². The summed E-state index contributed by atoms with van der Waals surface area (Å²) in [5.74, 6) is 0.502. The standard InChI is InChI=1S/C18H20N4O/c1-18(2,3)15-16(21-22-11-7-10-19-17(15)22)20-14(23)12-13-8-5-4-6-9-13/h4-11H,12H2,1-3H3,(H,20,21,23). The van der Waals surface area contributed by atoms with Crippen molar-refractivity contribution in [3.8, 4) is 0 Å². The Bertz CT molecular complexity index is 831. The van der Waals surface area contributed by atoms with Gasteiger partial charge in [0.25, 0.3) is 0 Å². The predicted molar refractivity (Wildman–Crippen MR) is 90.5 cm³/mol. The molecule has 0 spiro atoms. The molecule has 5 heteroatoms. The van der Waals surface area contributed by atoms with E-state index in [9.17, 15) is 4.79 Å². The number of amides is 1. The molecule has 0 bridgehead atoms. The number of carbonyl (C=O) groups excluding carboxylic acids is 1. The summed E-state index contributed by atoms with van der Waals surface area (Å²) < 4.78 is 1.71. The molecule has 1 aromatic carbocycles. The van der Waals surface area contributed by atoms with Gasteiger partial charge >= 0.3 is 0 Å². The van der Waals surface area contributed by atoms with E-state index in [1.165, 1.54) is 0 Å². The molecular formula is C18H20N4O. The Balaban J connectivity index is 1.92. The summed E-state index contributed by atoms with van der Waals surface area (Å²) >= 11 is 0. The van der Waals surface area contributed by atoms with Crippen LogP contribution in [-0.2, 0) is 16.6 Å². The first kappa shape index (κ1) is 15.2. The molecule has 0 atom stereocenters. The molecule has 0 fully saturated rings. The molecule has 1 amide bonds. The SMILES string of the molecule is CC(C)(C)c1c(NC(=O)Cc2ccccc2)nn2cccnc12. The molecule has 23 heavy (non-hydrogen) atoms. The summed E-state index contributed by atoms with van der Waals surface area (Å²) in [6.45, 7) is 6.27. The summed E-state index contributed by atoms with van der Waals surface area (Å²) in [5, 5.41) is 7.43. The van der Waals surface area contributed by atoms with Gasteiger partial charge in [-0.25, -0.2) is 9.50 Å². The maximum atomic E-state index is 12.4. The number of hydrogen-bond donors (Lipinski definition) is 1. The van der Waals surface area contributed by atoms with Crippen LogP contribution in [0.25, 0.3) is 5.65 Å². The summed E-state index contributed by atoms with van der Waals surface area (Å²) in [4.78, 5) is 16.8. The Morgan fingerprint density at radius 2 is 1.91 bits per heavy atom. The molecule has 0 saturated heterocycles. The lowest BCUT2D eigenvalue weighted by Gasteiger charge is -2.18. The van der Waals surface area contributed by atoms with Gasteiger partial charge < -0.3 is 5.32 Å². The van der Waals surface area contributed by atoms with Crippen molar-refractivity contribution >= 4 is 17.4 Å². The number of carbonyl (C=O) groups is 1. The van der Waals surface area contributed by atoms with Crippen LogP contribution < -0.4 is 5.32 Å². The van der Waals surface area contributed by atoms with E-state index in [2.05, 4.69) is 36.2 Å². The monoisotopic (exact) mass is 308 g/mol. The van der Waals surface area contributed by atoms with E-state index in [0.29, 0.717) is 12.2 Å². The topological polar surface area (TPSA) is 59.3 Å². The quantitative estimate of drug-likeness (QED) is 0.808. The van der Waals surface area contributed by atoms with Crippen LogP contribution in [-0.4, -0.2) is 20.5 Å². The number of aromatic nitrogens is 3. The van der Waals surface area contributed by atoms with Gasteiger partial charge in [-0.1, -0.05) is 51.1 Å². The van der Waals surface area contributed by atoms with Gasteiger partial charge in [0, 0.05) is 18.0 Å². The molecule has 3 rings (SSSR count). The molecule has 0 aliphatic heterocycles. The molecule has 0 aliphatic rings. The molecule has 1 N–H and O–H groups in total. The summed E-state index contributed by atoms with van der Waals surface area (Å²) in [6.07, 6.45) is 3.90. The molecule has 0 unspecified atom stereocenters. The Hall–Kier alpha value is -2.69. The van der Waals surface area contributed by atoms with Crippen molar-refractivity contribution in [2.24, 2.45) is 0 Å². The minimum atomic E-state index is -0.175. The maximum Gasteiger partial charge on any atom is 0.230 e. The van der Waals surface area contributed by atoms with Crippen molar-refractivity contribution in [1.29, 1.82) is 0 Å². The van der Waals surface area contributed by atoms with Crippen LogP contribution in [0.5, 0.6) is 0 Å². The van der Waals surface area contributed by atoms with Crippen molar-refractivity contribution < 1.29 is 4.79 Å². The Kier molecular flexibility index (Phi) is 3.86. The van der Waals surface area contributed by atoms with Gasteiger partial charge in [-0.3, -0.25) is 4.79 Å². The van der Waals surface area contributed by atoms with Crippen LogP contribution in [0.1, 0.15) is 31.9 Å². The molecular weight excluding hydrogens is 288 g/mol. The first-order valence-corrected chi connectivity index (χ1v) is 7.63. The molecule has 3 aromatic rings. The second kappa shape index (κ2) is 5.83. The van der Waals surface area contributed by atoms with Crippen molar-refractivity contribution in [3.63, 3.8) is 0 Å². The molecule has 0 aliphatic carbocycles. The highest BCUT2D eigenvalue weighted by atomic mass is 16.1. The molecule has 2 heterocycles. The van der Waals surface area contributed by atoms with Gasteiger partial charge in [-0.05, 0) is 17.0 Å².